The summed E-state index contributed by atoms with van der Waals surface area (Å²) >= 11 is 0. The van der Waals surface area contributed by atoms with Crippen LogP contribution in [0.4, 0.5) is 0 Å². The van der Waals surface area contributed by atoms with Crippen LogP contribution in [0.15, 0.2) is 0 Å². The number of carbonyl (C=O) groups excluding carboxylic acids is 1. The van der Waals surface area contributed by atoms with Gasteiger partial charge in [-0.15, -0.1) is 0 Å². The molecule has 0 radical (unpaired) electrons. The number of esters is 1. The maximum atomic E-state index is 11.7. The Labute approximate surface area is 104 Å². The molecular weight excluding hydrogens is 216 g/mol. The van der Waals surface area contributed by atoms with Crippen molar-refractivity contribution in [2.75, 3.05) is 33.3 Å². The van der Waals surface area contributed by atoms with E-state index in [9.17, 15) is 4.79 Å². The third kappa shape index (κ3) is 3.68. The number of hydrogen-bond acceptors (Lipinski definition) is 4. The summed E-state index contributed by atoms with van der Waals surface area (Å²) in [6.45, 7) is 6.21. The van der Waals surface area contributed by atoms with E-state index in [0.29, 0.717) is 6.04 Å². The van der Waals surface area contributed by atoms with Gasteiger partial charge < -0.3 is 15.0 Å². The molecular formula is C13H24N2O2. The largest absolute Gasteiger partial charge is 0.469 e. The lowest BCUT2D eigenvalue weighted by Gasteiger charge is -2.37. The van der Waals surface area contributed by atoms with Gasteiger partial charge >= 0.3 is 5.97 Å². The number of likely N-dealkylation sites (N-methyl/N-ethyl adjacent to an activating group) is 1. The molecule has 2 rings (SSSR count). The second kappa shape index (κ2) is 5.83. The lowest BCUT2D eigenvalue weighted by atomic mass is 9.94. The topological polar surface area (TPSA) is 41.6 Å². The SMILES string of the molecule is CCNC1CC(C(=O)OC)CN(CC2CC2)C1. The molecule has 0 spiro atoms. The highest BCUT2D eigenvalue weighted by Crippen LogP contribution is 2.31. The lowest BCUT2D eigenvalue weighted by molar-refractivity contribution is -0.147. The van der Waals surface area contributed by atoms with E-state index >= 15 is 0 Å². The average molecular weight is 240 g/mol. The van der Waals surface area contributed by atoms with E-state index in [2.05, 4.69) is 17.1 Å². The number of likely N-dealkylation sites (tertiary alicyclic amines) is 1. The van der Waals surface area contributed by atoms with Gasteiger partial charge in [-0.2, -0.15) is 0 Å². The molecule has 2 atom stereocenters. The molecule has 1 aliphatic heterocycles. The Morgan fingerprint density at radius 2 is 2.18 bits per heavy atom. The number of carbonyl (C=O) groups is 1. The molecule has 17 heavy (non-hydrogen) atoms. The summed E-state index contributed by atoms with van der Waals surface area (Å²) < 4.78 is 4.89. The van der Waals surface area contributed by atoms with Crippen LogP contribution in [0.1, 0.15) is 26.2 Å². The molecule has 1 N–H and O–H groups in total. The van der Waals surface area contributed by atoms with Crippen LogP contribution in [0.25, 0.3) is 0 Å². The first-order valence-corrected chi connectivity index (χ1v) is 6.76. The summed E-state index contributed by atoms with van der Waals surface area (Å²) in [6.07, 6.45) is 3.65. The van der Waals surface area contributed by atoms with Gasteiger partial charge in [0.15, 0.2) is 0 Å². The smallest absolute Gasteiger partial charge is 0.310 e. The number of nitrogens with one attached hydrogen (secondary N) is 1. The van der Waals surface area contributed by atoms with Crippen molar-refractivity contribution in [3.8, 4) is 0 Å². The fourth-order valence-electron chi connectivity index (χ4n) is 2.78. The zero-order valence-electron chi connectivity index (χ0n) is 10.9. The Bertz CT molecular complexity index is 266. The van der Waals surface area contributed by atoms with E-state index < -0.39 is 0 Å². The Morgan fingerprint density at radius 3 is 2.76 bits per heavy atom. The number of methoxy groups -OCH3 is 1. The molecule has 1 saturated carbocycles. The van der Waals surface area contributed by atoms with Crippen molar-refractivity contribution in [3.63, 3.8) is 0 Å². The zero-order chi connectivity index (χ0) is 12.3. The molecule has 0 aromatic rings. The Morgan fingerprint density at radius 1 is 1.41 bits per heavy atom. The number of ether oxygens (including phenoxy) is 1. The van der Waals surface area contributed by atoms with Gasteiger partial charge in [-0.05, 0) is 31.7 Å². The standard InChI is InChI=1S/C13H24N2O2/c1-3-14-12-6-11(13(16)17-2)8-15(9-12)7-10-4-5-10/h10-12,14H,3-9H2,1-2H3. The average Bonchev–Trinajstić information content (AvgIpc) is 3.12. The predicted molar refractivity (Wildman–Crippen MR) is 66.8 cm³/mol. The van der Waals surface area contributed by atoms with Gasteiger partial charge in [0.25, 0.3) is 0 Å². The minimum absolute atomic E-state index is 0.0478. The van der Waals surface area contributed by atoms with Crippen molar-refractivity contribution in [2.45, 2.75) is 32.2 Å². The second-order valence-electron chi connectivity index (χ2n) is 5.37. The van der Waals surface area contributed by atoms with Crippen LogP contribution in [-0.2, 0) is 9.53 Å². The van der Waals surface area contributed by atoms with Gasteiger partial charge in [0.05, 0.1) is 13.0 Å². The van der Waals surface area contributed by atoms with Crippen molar-refractivity contribution >= 4 is 5.97 Å². The number of piperidine rings is 1. The van der Waals surface area contributed by atoms with Crippen molar-refractivity contribution in [1.82, 2.24) is 10.2 Å². The molecule has 0 aromatic heterocycles. The monoisotopic (exact) mass is 240 g/mol. The minimum Gasteiger partial charge on any atom is -0.469 e. The van der Waals surface area contributed by atoms with Crippen molar-refractivity contribution in [3.05, 3.63) is 0 Å². The Balaban J connectivity index is 1.90. The first-order chi connectivity index (χ1) is 8.22. The molecule has 2 aliphatic rings. The van der Waals surface area contributed by atoms with E-state index in [4.69, 9.17) is 4.74 Å². The van der Waals surface area contributed by atoms with Crippen LogP contribution in [0.3, 0.4) is 0 Å². The Kier molecular flexibility index (Phi) is 4.40. The van der Waals surface area contributed by atoms with Crippen molar-refractivity contribution in [1.29, 1.82) is 0 Å². The molecule has 1 saturated heterocycles. The highest BCUT2D eigenvalue weighted by atomic mass is 16.5. The molecule has 98 valence electrons. The van der Waals surface area contributed by atoms with Crippen LogP contribution >= 0.6 is 0 Å². The molecule has 4 nitrogen and oxygen atoms in total. The highest BCUT2D eigenvalue weighted by Gasteiger charge is 2.34. The third-order valence-corrected chi connectivity index (χ3v) is 3.77. The molecule has 1 heterocycles. The van der Waals surface area contributed by atoms with Gasteiger partial charge in [-0.1, -0.05) is 6.92 Å². The summed E-state index contributed by atoms with van der Waals surface area (Å²) in [4.78, 5) is 14.1. The van der Waals surface area contributed by atoms with Gasteiger partial charge in [-0.3, -0.25) is 4.79 Å². The second-order valence-corrected chi connectivity index (χ2v) is 5.37. The summed E-state index contributed by atoms with van der Waals surface area (Å²) in [5.74, 6) is 0.888. The first kappa shape index (κ1) is 12.8. The lowest BCUT2D eigenvalue weighted by Crippen LogP contribution is -2.51. The zero-order valence-corrected chi connectivity index (χ0v) is 10.9. The summed E-state index contributed by atoms with van der Waals surface area (Å²) in [7, 11) is 1.49. The molecule has 4 heteroatoms. The molecule has 0 amide bonds. The maximum Gasteiger partial charge on any atom is 0.310 e. The van der Waals surface area contributed by atoms with Gasteiger partial charge in [0.2, 0.25) is 0 Å². The molecule has 0 aromatic carbocycles. The Hall–Kier alpha value is -0.610. The van der Waals surface area contributed by atoms with Crippen molar-refractivity contribution in [2.24, 2.45) is 11.8 Å². The highest BCUT2D eigenvalue weighted by molar-refractivity contribution is 5.72. The van der Waals surface area contributed by atoms with E-state index in [0.717, 1.165) is 38.5 Å². The number of hydrogen-bond donors (Lipinski definition) is 1. The molecule has 2 unspecified atom stereocenters. The fraction of sp³-hybridized carbons (Fsp3) is 0.923. The first-order valence-electron chi connectivity index (χ1n) is 6.76. The summed E-state index contributed by atoms with van der Waals surface area (Å²) in [5.41, 5.74) is 0. The molecule has 1 aliphatic carbocycles. The number of rotatable bonds is 5. The van der Waals surface area contributed by atoms with E-state index in [-0.39, 0.29) is 11.9 Å². The van der Waals surface area contributed by atoms with Crippen LogP contribution in [0.2, 0.25) is 0 Å². The minimum atomic E-state index is -0.0478. The summed E-state index contributed by atoms with van der Waals surface area (Å²) in [6, 6.07) is 0.441. The maximum absolute atomic E-state index is 11.7. The van der Waals surface area contributed by atoms with Gasteiger partial charge in [-0.25, -0.2) is 0 Å². The molecule has 0 bridgehead atoms. The van der Waals surface area contributed by atoms with Crippen LogP contribution in [0.5, 0.6) is 0 Å². The van der Waals surface area contributed by atoms with Crippen molar-refractivity contribution < 1.29 is 9.53 Å². The van der Waals surface area contributed by atoms with E-state index in [1.807, 2.05) is 0 Å². The summed E-state index contributed by atoms with van der Waals surface area (Å²) in [5, 5.41) is 3.47. The van der Waals surface area contributed by atoms with Crippen LogP contribution in [-0.4, -0.2) is 50.2 Å². The third-order valence-electron chi connectivity index (χ3n) is 3.77. The predicted octanol–water partition coefficient (Wildman–Crippen LogP) is 0.869. The fourth-order valence-corrected chi connectivity index (χ4v) is 2.78. The van der Waals surface area contributed by atoms with Crippen LogP contribution < -0.4 is 5.32 Å². The number of nitrogens with zero attached hydrogens (tertiary/aromatic N) is 1. The van der Waals surface area contributed by atoms with E-state index in [1.54, 1.807) is 0 Å². The quantitative estimate of drug-likeness (QED) is 0.724. The normalized spacial score (nSPS) is 30.2. The van der Waals surface area contributed by atoms with Gasteiger partial charge in [0, 0.05) is 25.7 Å². The van der Waals surface area contributed by atoms with E-state index in [1.165, 1.54) is 20.0 Å². The van der Waals surface area contributed by atoms with Gasteiger partial charge in [0.1, 0.15) is 0 Å². The van der Waals surface area contributed by atoms with Crippen LogP contribution in [0, 0.1) is 11.8 Å². The molecule has 2 fully saturated rings.